The van der Waals surface area contributed by atoms with Crippen molar-refractivity contribution < 1.29 is 13.4 Å². The summed E-state index contributed by atoms with van der Waals surface area (Å²) in [7, 11) is 0. The van der Waals surface area contributed by atoms with Crippen LogP contribution >= 0.6 is 34.6 Å². The minimum Gasteiger partial charge on any atom is -0.408 e. The largest absolute Gasteiger partial charge is 0.417 e. The van der Waals surface area contributed by atoms with Gasteiger partial charge in [0, 0.05) is 6.07 Å². The minimum absolute atomic E-state index is 0.409. The van der Waals surface area contributed by atoms with Gasteiger partial charge in [0.25, 0.3) is 0 Å². The summed E-state index contributed by atoms with van der Waals surface area (Å²) >= 11 is 2.45. The molecule has 1 aromatic carbocycles. The van der Waals surface area contributed by atoms with Crippen molar-refractivity contribution in [1.29, 1.82) is 0 Å². The highest BCUT2D eigenvalue weighted by molar-refractivity contribution is 14.1. The molecular formula is C8H4INO4S. The minimum atomic E-state index is -0.502. The van der Waals surface area contributed by atoms with Gasteiger partial charge in [-0.25, -0.2) is 9.59 Å². The van der Waals surface area contributed by atoms with E-state index in [2.05, 4.69) is 4.98 Å². The SMILES string of the molecule is O=C(I)OSc1ccc2[nH]c(=O)oc2c1. The molecule has 1 aromatic heterocycles. The summed E-state index contributed by atoms with van der Waals surface area (Å²) < 4.78 is 9.16. The van der Waals surface area contributed by atoms with E-state index >= 15 is 0 Å². The highest BCUT2D eigenvalue weighted by atomic mass is 127. The molecule has 2 aromatic rings. The molecule has 0 bridgehead atoms. The normalized spacial score (nSPS) is 10.5. The number of aromatic nitrogens is 1. The van der Waals surface area contributed by atoms with Crippen LogP contribution in [0.4, 0.5) is 4.79 Å². The van der Waals surface area contributed by atoms with Crippen LogP contribution in [0.5, 0.6) is 0 Å². The molecule has 0 saturated heterocycles. The summed E-state index contributed by atoms with van der Waals surface area (Å²) in [5.74, 6) is -0.502. The van der Waals surface area contributed by atoms with Crippen LogP contribution in [0.15, 0.2) is 32.3 Å². The van der Waals surface area contributed by atoms with Crippen LogP contribution in [0.1, 0.15) is 0 Å². The lowest BCUT2D eigenvalue weighted by Crippen LogP contribution is -1.92. The first-order valence-corrected chi connectivity index (χ1v) is 5.64. The lowest BCUT2D eigenvalue weighted by Gasteiger charge is -1.97. The number of fused-ring (bicyclic) bond motifs is 1. The maximum Gasteiger partial charge on any atom is 0.417 e. The average molecular weight is 337 g/mol. The Kier molecular flexibility index (Phi) is 3.00. The van der Waals surface area contributed by atoms with Crippen LogP contribution in [-0.4, -0.2) is 8.96 Å². The summed E-state index contributed by atoms with van der Waals surface area (Å²) in [6, 6.07) is 5.03. The monoisotopic (exact) mass is 337 g/mol. The van der Waals surface area contributed by atoms with Crippen molar-refractivity contribution in [2.45, 2.75) is 4.90 Å². The molecule has 0 spiro atoms. The molecule has 0 atom stereocenters. The average Bonchev–Trinajstić information content (AvgIpc) is 2.53. The Bertz CT molecular complexity index is 561. The number of aromatic amines is 1. The molecule has 5 nitrogen and oxygen atoms in total. The number of nitrogens with one attached hydrogen (secondary N) is 1. The predicted octanol–water partition coefficient (Wildman–Crippen LogP) is 2.70. The summed E-state index contributed by atoms with van der Waals surface area (Å²) in [6.45, 7) is 0. The van der Waals surface area contributed by atoms with E-state index in [1.165, 1.54) is 22.6 Å². The second kappa shape index (κ2) is 4.27. The number of benzene rings is 1. The molecule has 0 aliphatic rings. The van der Waals surface area contributed by atoms with Crippen LogP contribution in [0.25, 0.3) is 11.1 Å². The quantitative estimate of drug-likeness (QED) is 0.518. The first-order chi connectivity index (χ1) is 7.15. The zero-order valence-electron chi connectivity index (χ0n) is 7.15. The van der Waals surface area contributed by atoms with E-state index in [9.17, 15) is 9.59 Å². The Balaban J connectivity index is 2.30. The highest BCUT2D eigenvalue weighted by Crippen LogP contribution is 2.23. The van der Waals surface area contributed by atoms with Gasteiger partial charge in [0.05, 0.1) is 45.0 Å². The molecule has 78 valence electrons. The molecule has 1 N–H and O–H groups in total. The van der Waals surface area contributed by atoms with Crippen molar-refractivity contribution in [1.82, 2.24) is 4.98 Å². The van der Waals surface area contributed by atoms with Gasteiger partial charge in [-0.1, -0.05) is 0 Å². The van der Waals surface area contributed by atoms with E-state index in [4.69, 9.17) is 8.60 Å². The second-order valence-corrected chi connectivity index (χ2v) is 4.26. The van der Waals surface area contributed by atoms with Gasteiger partial charge in [-0.3, -0.25) is 4.98 Å². The van der Waals surface area contributed by atoms with Gasteiger partial charge in [-0.2, -0.15) is 0 Å². The predicted molar refractivity (Wildman–Crippen MR) is 63.2 cm³/mol. The molecule has 0 radical (unpaired) electrons. The summed E-state index contributed by atoms with van der Waals surface area (Å²) in [5, 5.41) is 0. The number of carbonyl (C=O) groups is 1. The van der Waals surface area contributed by atoms with Crippen molar-refractivity contribution in [3.8, 4) is 0 Å². The number of oxazole rings is 1. The molecule has 15 heavy (non-hydrogen) atoms. The van der Waals surface area contributed by atoms with Crippen molar-refractivity contribution in [3.63, 3.8) is 0 Å². The molecule has 0 aliphatic carbocycles. The fraction of sp³-hybridized carbons (Fsp3) is 0. The number of H-pyrrole nitrogens is 1. The summed E-state index contributed by atoms with van der Waals surface area (Å²) in [4.78, 5) is 24.6. The van der Waals surface area contributed by atoms with Crippen molar-refractivity contribution in [2.24, 2.45) is 0 Å². The molecule has 2 rings (SSSR count). The van der Waals surface area contributed by atoms with Crippen molar-refractivity contribution in [3.05, 3.63) is 28.7 Å². The molecule has 0 saturated carbocycles. The Hall–Kier alpha value is -0.960. The fourth-order valence-corrected chi connectivity index (χ4v) is 1.77. The molecule has 0 fully saturated rings. The Labute approximate surface area is 102 Å². The van der Waals surface area contributed by atoms with Crippen LogP contribution in [0, 0.1) is 0 Å². The number of carbonyl (C=O) groups excluding carboxylic acids is 1. The Morgan fingerprint density at radius 3 is 3.07 bits per heavy atom. The van der Waals surface area contributed by atoms with Gasteiger partial charge >= 0.3 is 9.73 Å². The smallest absolute Gasteiger partial charge is 0.408 e. The van der Waals surface area contributed by atoms with Crippen molar-refractivity contribution in [2.75, 3.05) is 0 Å². The highest BCUT2D eigenvalue weighted by Gasteiger charge is 2.04. The van der Waals surface area contributed by atoms with E-state index in [0.717, 1.165) is 12.0 Å². The third-order valence-corrected chi connectivity index (χ3v) is 2.80. The number of hydrogen-bond donors (Lipinski definition) is 1. The Morgan fingerprint density at radius 2 is 2.33 bits per heavy atom. The third-order valence-electron chi connectivity index (χ3n) is 1.60. The van der Waals surface area contributed by atoms with E-state index < -0.39 is 9.73 Å². The van der Waals surface area contributed by atoms with E-state index in [-0.39, 0.29) is 0 Å². The van der Waals surface area contributed by atoms with E-state index in [1.54, 1.807) is 18.2 Å². The van der Waals surface area contributed by atoms with Gasteiger partial charge in [0.1, 0.15) is 0 Å². The van der Waals surface area contributed by atoms with Crippen LogP contribution in [-0.2, 0) is 4.18 Å². The first kappa shape index (κ1) is 10.6. The lowest BCUT2D eigenvalue weighted by atomic mass is 10.3. The molecule has 1 heterocycles. The maximum absolute atomic E-state index is 10.9. The molecule has 0 amide bonds. The number of rotatable bonds is 2. The van der Waals surface area contributed by atoms with Gasteiger partial charge in [-0.15, -0.1) is 0 Å². The zero-order chi connectivity index (χ0) is 10.8. The van der Waals surface area contributed by atoms with Gasteiger partial charge in [0.15, 0.2) is 5.58 Å². The number of halogens is 1. The fourth-order valence-electron chi connectivity index (χ4n) is 1.06. The lowest BCUT2D eigenvalue weighted by molar-refractivity contribution is 0.237. The Morgan fingerprint density at radius 1 is 1.53 bits per heavy atom. The van der Waals surface area contributed by atoms with Crippen molar-refractivity contribution >= 4 is 49.7 Å². The van der Waals surface area contributed by atoms with Crippen LogP contribution in [0.2, 0.25) is 0 Å². The summed E-state index contributed by atoms with van der Waals surface area (Å²) in [5.41, 5.74) is 1.06. The first-order valence-electron chi connectivity index (χ1n) is 3.82. The second-order valence-electron chi connectivity index (χ2n) is 2.58. The molecule has 0 unspecified atom stereocenters. The third kappa shape index (κ3) is 2.53. The van der Waals surface area contributed by atoms with Crippen LogP contribution in [0.3, 0.4) is 0 Å². The van der Waals surface area contributed by atoms with Gasteiger partial charge in [0.2, 0.25) is 0 Å². The van der Waals surface area contributed by atoms with Gasteiger partial charge in [-0.05, 0) is 12.1 Å². The topological polar surface area (TPSA) is 72.3 Å². The maximum atomic E-state index is 10.9. The van der Waals surface area contributed by atoms with E-state index in [1.807, 2.05) is 0 Å². The number of hydrogen-bond acceptors (Lipinski definition) is 5. The molecule has 7 heteroatoms. The van der Waals surface area contributed by atoms with Crippen LogP contribution < -0.4 is 5.76 Å². The molecule has 0 aliphatic heterocycles. The van der Waals surface area contributed by atoms with Gasteiger partial charge < -0.3 is 8.60 Å². The zero-order valence-corrected chi connectivity index (χ0v) is 10.1. The summed E-state index contributed by atoms with van der Waals surface area (Å²) in [6.07, 6.45) is 0. The standard InChI is InChI=1S/C8H4INO4S/c9-7(11)14-15-4-1-2-5-6(3-4)13-8(12)10-5/h1-3H,(H,10,12). The molecular weight excluding hydrogens is 333 g/mol. The van der Waals surface area contributed by atoms with E-state index in [0.29, 0.717) is 16.0 Å².